The van der Waals surface area contributed by atoms with E-state index in [4.69, 9.17) is 4.74 Å². The number of sulfone groups is 1. The maximum Gasteiger partial charge on any atom is 0.151 e. The van der Waals surface area contributed by atoms with Gasteiger partial charge in [-0.05, 0) is 19.3 Å². The molecule has 2 aliphatic rings. The van der Waals surface area contributed by atoms with Crippen LogP contribution in [0.5, 0.6) is 0 Å². The lowest BCUT2D eigenvalue weighted by Gasteiger charge is -2.32. The standard InChI is InChI=1S/C11H21NO3S/c1-16(13,14)11-5-3-2-4-10(11)12-9-6-7-15-8-9/h9-12H,2-8H2,1H3. The number of nitrogens with one attached hydrogen (secondary N) is 1. The summed E-state index contributed by atoms with van der Waals surface area (Å²) in [4.78, 5) is 0. The minimum atomic E-state index is -2.92. The highest BCUT2D eigenvalue weighted by Gasteiger charge is 2.34. The van der Waals surface area contributed by atoms with Crippen molar-refractivity contribution in [2.75, 3.05) is 19.5 Å². The molecule has 2 rings (SSSR count). The number of rotatable bonds is 3. The van der Waals surface area contributed by atoms with Gasteiger partial charge in [-0.1, -0.05) is 12.8 Å². The van der Waals surface area contributed by atoms with Crippen molar-refractivity contribution in [2.24, 2.45) is 0 Å². The summed E-state index contributed by atoms with van der Waals surface area (Å²) in [5, 5.41) is 3.28. The zero-order valence-corrected chi connectivity index (χ0v) is 10.6. The van der Waals surface area contributed by atoms with Gasteiger partial charge < -0.3 is 10.1 Å². The van der Waals surface area contributed by atoms with Gasteiger partial charge in [-0.15, -0.1) is 0 Å². The number of ether oxygens (including phenoxy) is 1. The summed E-state index contributed by atoms with van der Waals surface area (Å²) >= 11 is 0. The van der Waals surface area contributed by atoms with E-state index in [2.05, 4.69) is 5.32 Å². The Balaban J connectivity index is 1.98. The maximum atomic E-state index is 11.7. The summed E-state index contributed by atoms with van der Waals surface area (Å²) in [6.45, 7) is 1.53. The summed E-state index contributed by atoms with van der Waals surface area (Å²) < 4.78 is 28.7. The molecule has 0 aromatic carbocycles. The van der Waals surface area contributed by atoms with E-state index in [9.17, 15) is 8.42 Å². The second-order valence-corrected chi connectivity index (χ2v) is 7.25. The van der Waals surface area contributed by atoms with Crippen molar-refractivity contribution in [3.8, 4) is 0 Å². The van der Waals surface area contributed by atoms with E-state index in [0.29, 0.717) is 6.04 Å². The summed E-state index contributed by atoms with van der Waals surface area (Å²) in [6, 6.07) is 0.489. The first-order valence-corrected chi connectivity index (χ1v) is 8.05. The molecule has 16 heavy (non-hydrogen) atoms. The third-order valence-electron chi connectivity index (χ3n) is 3.63. The second-order valence-electron chi connectivity index (χ2n) is 4.99. The fourth-order valence-electron chi connectivity index (χ4n) is 2.77. The molecule has 0 bridgehead atoms. The van der Waals surface area contributed by atoms with Crippen molar-refractivity contribution in [3.63, 3.8) is 0 Å². The van der Waals surface area contributed by atoms with Crippen LogP contribution in [0.25, 0.3) is 0 Å². The van der Waals surface area contributed by atoms with E-state index in [1.165, 1.54) is 6.26 Å². The molecule has 1 aliphatic heterocycles. The minimum Gasteiger partial charge on any atom is -0.380 e. The first-order valence-electron chi connectivity index (χ1n) is 6.10. The lowest BCUT2D eigenvalue weighted by atomic mass is 9.94. The zero-order chi connectivity index (χ0) is 11.6. The van der Waals surface area contributed by atoms with E-state index in [0.717, 1.165) is 45.3 Å². The smallest absolute Gasteiger partial charge is 0.151 e. The molecule has 0 spiro atoms. The molecule has 1 aliphatic carbocycles. The van der Waals surface area contributed by atoms with Crippen LogP contribution in [0, 0.1) is 0 Å². The maximum absolute atomic E-state index is 11.7. The molecule has 1 N–H and O–H groups in total. The van der Waals surface area contributed by atoms with E-state index >= 15 is 0 Å². The average molecular weight is 247 g/mol. The topological polar surface area (TPSA) is 55.4 Å². The normalized spacial score (nSPS) is 36.4. The van der Waals surface area contributed by atoms with E-state index < -0.39 is 9.84 Å². The quantitative estimate of drug-likeness (QED) is 0.798. The van der Waals surface area contributed by atoms with Gasteiger partial charge in [0.05, 0.1) is 11.9 Å². The van der Waals surface area contributed by atoms with E-state index in [1.54, 1.807) is 0 Å². The number of hydrogen-bond donors (Lipinski definition) is 1. The Morgan fingerprint density at radius 2 is 1.94 bits per heavy atom. The predicted octanol–water partition coefficient (Wildman–Crippen LogP) is 0.721. The molecule has 0 aromatic heterocycles. The van der Waals surface area contributed by atoms with Crippen LogP contribution in [-0.4, -0.2) is 45.2 Å². The Bertz CT molecular complexity index is 322. The van der Waals surface area contributed by atoms with E-state index in [-0.39, 0.29) is 11.3 Å². The largest absolute Gasteiger partial charge is 0.380 e. The van der Waals surface area contributed by atoms with Crippen molar-refractivity contribution in [3.05, 3.63) is 0 Å². The molecule has 0 amide bonds. The van der Waals surface area contributed by atoms with Gasteiger partial charge in [0.2, 0.25) is 0 Å². The van der Waals surface area contributed by atoms with Gasteiger partial charge in [0.1, 0.15) is 0 Å². The van der Waals surface area contributed by atoms with Crippen molar-refractivity contribution in [1.82, 2.24) is 5.32 Å². The SMILES string of the molecule is CS(=O)(=O)C1CCCCC1NC1CCOC1. The average Bonchev–Trinajstić information content (AvgIpc) is 2.70. The highest BCUT2D eigenvalue weighted by atomic mass is 32.2. The van der Waals surface area contributed by atoms with Crippen molar-refractivity contribution in [1.29, 1.82) is 0 Å². The molecule has 1 heterocycles. The molecule has 3 atom stereocenters. The van der Waals surface area contributed by atoms with Gasteiger partial charge >= 0.3 is 0 Å². The third kappa shape index (κ3) is 2.96. The van der Waals surface area contributed by atoms with Gasteiger partial charge in [-0.3, -0.25) is 0 Å². The molecule has 1 saturated carbocycles. The van der Waals surface area contributed by atoms with Crippen LogP contribution in [0.15, 0.2) is 0 Å². The lowest BCUT2D eigenvalue weighted by Crippen LogP contribution is -2.50. The Hall–Kier alpha value is -0.130. The van der Waals surface area contributed by atoms with Crippen LogP contribution in [0.2, 0.25) is 0 Å². The second kappa shape index (κ2) is 5.02. The van der Waals surface area contributed by atoms with Gasteiger partial charge in [-0.25, -0.2) is 8.42 Å². The van der Waals surface area contributed by atoms with E-state index in [1.807, 2.05) is 0 Å². The van der Waals surface area contributed by atoms with Gasteiger partial charge in [0.15, 0.2) is 9.84 Å². The van der Waals surface area contributed by atoms with Gasteiger partial charge in [0.25, 0.3) is 0 Å². The van der Waals surface area contributed by atoms with Gasteiger partial charge in [-0.2, -0.15) is 0 Å². The van der Waals surface area contributed by atoms with Crippen LogP contribution in [0.1, 0.15) is 32.1 Å². The molecule has 4 nitrogen and oxygen atoms in total. The molecule has 1 saturated heterocycles. The highest BCUT2D eigenvalue weighted by Crippen LogP contribution is 2.25. The van der Waals surface area contributed by atoms with Crippen LogP contribution >= 0.6 is 0 Å². The van der Waals surface area contributed by atoms with Crippen LogP contribution in [0.4, 0.5) is 0 Å². The Kier molecular flexibility index (Phi) is 3.87. The first kappa shape index (κ1) is 12.3. The lowest BCUT2D eigenvalue weighted by molar-refractivity contribution is 0.186. The fourth-order valence-corrected chi connectivity index (χ4v) is 4.17. The van der Waals surface area contributed by atoms with Crippen LogP contribution in [0.3, 0.4) is 0 Å². The monoisotopic (exact) mass is 247 g/mol. The molecule has 0 radical (unpaired) electrons. The summed E-state index contributed by atoms with van der Waals surface area (Å²) in [6.07, 6.45) is 6.34. The predicted molar refractivity (Wildman–Crippen MR) is 63.2 cm³/mol. The van der Waals surface area contributed by atoms with Crippen molar-refractivity contribution < 1.29 is 13.2 Å². The molecule has 2 fully saturated rings. The Morgan fingerprint density at radius 1 is 1.19 bits per heavy atom. The van der Waals surface area contributed by atoms with Crippen LogP contribution < -0.4 is 5.32 Å². The summed E-state index contributed by atoms with van der Waals surface area (Å²) in [5.74, 6) is 0. The summed E-state index contributed by atoms with van der Waals surface area (Å²) in [5.41, 5.74) is 0. The zero-order valence-electron chi connectivity index (χ0n) is 9.81. The first-order chi connectivity index (χ1) is 7.57. The minimum absolute atomic E-state index is 0.135. The molecule has 3 unspecified atom stereocenters. The number of hydrogen-bond acceptors (Lipinski definition) is 4. The fraction of sp³-hybridized carbons (Fsp3) is 1.00. The van der Waals surface area contributed by atoms with Crippen molar-refractivity contribution >= 4 is 9.84 Å². The third-order valence-corrected chi connectivity index (χ3v) is 5.30. The molecular formula is C11H21NO3S. The molecule has 94 valence electrons. The molecule has 5 heteroatoms. The van der Waals surface area contributed by atoms with Crippen molar-refractivity contribution in [2.45, 2.75) is 49.4 Å². The Morgan fingerprint density at radius 3 is 2.56 bits per heavy atom. The Labute approximate surface area is 97.7 Å². The molecular weight excluding hydrogens is 226 g/mol. The van der Waals surface area contributed by atoms with Crippen LogP contribution in [-0.2, 0) is 14.6 Å². The summed E-state index contributed by atoms with van der Waals surface area (Å²) in [7, 11) is -2.92. The molecule has 0 aromatic rings. The van der Waals surface area contributed by atoms with Gasteiger partial charge in [0, 0.05) is 24.9 Å². The highest BCUT2D eigenvalue weighted by molar-refractivity contribution is 7.91.